The number of hydrogen-bond donors (Lipinski definition) is 4. The van der Waals surface area contributed by atoms with E-state index in [0.717, 1.165) is 47.9 Å². The molecule has 0 radical (unpaired) electrons. The fraction of sp³-hybridized carbons (Fsp3) is 0.433. The van der Waals surface area contributed by atoms with E-state index in [1.807, 2.05) is 49.5 Å². The summed E-state index contributed by atoms with van der Waals surface area (Å²) >= 11 is 0. The SMILES string of the molecule is CCO[C@H](CC(=O)OC(=O)[C@@H](N)CCCN=C(N)N)Cc1ccc(NCCCn2ccc3cc(OS(C)(=O)=O)ccc32)cc1. The zero-order valence-electron chi connectivity index (χ0n) is 25.1. The Hall–Kier alpha value is -4.14. The van der Waals surface area contributed by atoms with E-state index in [1.165, 1.54) is 0 Å². The summed E-state index contributed by atoms with van der Waals surface area (Å²) in [5, 5.41) is 4.31. The molecule has 0 aliphatic heterocycles. The number of esters is 2. The van der Waals surface area contributed by atoms with Crippen LogP contribution in [0, 0.1) is 0 Å². The predicted octanol–water partition coefficient (Wildman–Crippen LogP) is 2.27. The molecule has 0 unspecified atom stereocenters. The number of carbonyl (C=O) groups excluding carboxylic acids is 2. The minimum atomic E-state index is -3.57. The molecule has 0 fully saturated rings. The lowest BCUT2D eigenvalue weighted by Crippen LogP contribution is -2.35. The summed E-state index contributed by atoms with van der Waals surface area (Å²) in [5.74, 6) is -1.22. The average molecular weight is 631 g/mol. The Labute approximate surface area is 257 Å². The van der Waals surface area contributed by atoms with E-state index in [2.05, 4.69) is 14.9 Å². The molecule has 3 aromatic rings. The molecule has 0 saturated heterocycles. The monoisotopic (exact) mass is 630 g/mol. The van der Waals surface area contributed by atoms with Crippen LogP contribution in [0.4, 0.5) is 5.69 Å². The molecule has 14 heteroatoms. The van der Waals surface area contributed by atoms with E-state index in [0.29, 0.717) is 31.7 Å². The Morgan fingerprint density at radius 3 is 2.50 bits per heavy atom. The molecule has 13 nitrogen and oxygen atoms in total. The van der Waals surface area contributed by atoms with Crippen molar-refractivity contribution in [3.63, 3.8) is 0 Å². The number of fused-ring (bicyclic) bond motifs is 1. The smallest absolute Gasteiger partial charge is 0.330 e. The quantitative estimate of drug-likeness (QED) is 0.0401. The molecule has 0 bridgehead atoms. The van der Waals surface area contributed by atoms with Crippen LogP contribution < -0.4 is 26.7 Å². The van der Waals surface area contributed by atoms with Crippen molar-refractivity contribution in [2.24, 2.45) is 22.2 Å². The van der Waals surface area contributed by atoms with E-state index in [1.54, 1.807) is 12.1 Å². The number of aryl methyl sites for hydroxylation is 1. The van der Waals surface area contributed by atoms with Gasteiger partial charge in [0.05, 0.1) is 18.8 Å². The van der Waals surface area contributed by atoms with Crippen molar-refractivity contribution in [3.8, 4) is 5.75 Å². The molecular formula is C30H42N6O7S. The van der Waals surface area contributed by atoms with Gasteiger partial charge in [0.15, 0.2) is 5.96 Å². The maximum atomic E-state index is 12.4. The number of guanidine groups is 1. The normalized spacial score (nSPS) is 12.8. The standard InChI is InChI=1S/C30H42N6O7S/c1-3-41-25(20-28(37)42-29(38)26(31)6-4-14-35-30(32)33)18-21-7-9-23(10-8-21)34-15-5-16-36-17-13-22-19-24(11-12-27(22)36)43-44(2,39)40/h7-13,17,19,25-26,34H,3-6,14-16,18,20,31H2,1-2H3,(H4,32,33,35)/t25-,26-/m0/s1. The molecular weight excluding hydrogens is 588 g/mol. The number of anilines is 1. The van der Waals surface area contributed by atoms with Gasteiger partial charge in [0.1, 0.15) is 11.8 Å². The van der Waals surface area contributed by atoms with Crippen LogP contribution >= 0.6 is 0 Å². The highest BCUT2D eigenvalue weighted by molar-refractivity contribution is 7.86. The zero-order valence-corrected chi connectivity index (χ0v) is 25.9. The van der Waals surface area contributed by atoms with Gasteiger partial charge in [-0.3, -0.25) is 9.79 Å². The van der Waals surface area contributed by atoms with Crippen LogP contribution in [0.5, 0.6) is 5.75 Å². The maximum Gasteiger partial charge on any atom is 0.330 e. The number of rotatable bonds is 18. The van der Waals surface area contributed by atoms with Crippen molar-refractivity contribution in [2.75, 3.05) is 31.3 Å². The Balaban J connectivity index is 1.42. The second-order valence-electron chi connectivity index (χ2n) is 10.3. The van der Waals surface area contributed by atoms with Gasteiger partial charge in [0.25, 0.3) is 0 Å². The molecule has 3 rings (SSSR count). The summed E-state index contributed by atoms with van der Waals surface area (Å²) in [6.07, 6.45) is 4.54. The first-order valence-electron chi connectivity index (χ1n) is 14.4. The minimum Gasteiger partial charge on any atom is -0.392 e. The number of aromatic nitrogens is 1. The van der Waals surface area contributed by atoms with Crippen LogP contribution in [0.3, 0.4) is 0 Å². The molecule has 0 aliphatic carbocycles. The molecule has 0 aliphatic rings. The number of hydrogen-bond acceptors (Lipinski definition) is 10. The van der Waals surface area contributed by atoms with Gasteiger partial charge < -0.3 is 40.7 Å². The fourth-order valence-corrected chi connectivity index (χ4v) is 5.04. The molecule has 1 aromatic heterocycles. The Morgan fingerprint density at radius 2 is 1.82 bits per heavy atom. The number of carbonyl (C=O) groups is 2. The van der Waals surface area contributed by atoms with Gasteiger partial charge in [-0.2, -0.15) is 8.42 Å². The third kappa shape index (κ3) is 11.9. The molecule has 1 heterocycles. The van der Waals surface area contributed by atoms with Gasteiger partial charge in [-0.1, -0.05) is 12.1 Å². The summed E-state index contributed by atoms with van der Waals surface area (Å²) in [7, 11) is -3.57. The van der Waals surface area contributed by atoms with Crippen molar-refractivity contribution in [1.82, 2.24) is 4.57 Å². The lowest BCUT2D eigenvalue weighted by molar-refractivity contribution is -0.162. The van der Waals surface area contributed by atoms with E-state index < -0.39 is 34.2 Å². The number of nitrogens with one attached hydrogen (secondary N) is 1. The van der Waals surface area contributed by atoms with E-state index >= 15 is 0 Å². The van der Waals surface area contributed by atoms with Crippen LogP contribution in [0.25, 0.3) is 10.9 Å². The fourth-order valence-electron chi connectivity index (χ4n) is 4.58. The highest BCUT2D eigenvalue weighted by Gasteiger charge is 2.22. The van der Waals surface area contributed by atoms with Crippen LogP contribution in [0.15, 0.2) is 59.7 Å². The number of nitrogens with two attached hydrogens (primary N) is 3. The second kappa shape index (κ2) is 16.6. The minimum absolute atomic E-state index is 0.0367. The molecule has 0 spiro atoms. The Morgan fingerprint density at radius 1 is 1.07 bits per heavy atom. The molecule has 44 heavy (non-hydrogen) atoms. The molecule has 0 saturated carbocycles. The van der Waals surface area contributed by atoms with Gasteiger partial charge in [-0.25, -0.2) is 4.79 Å². The van der Waals surface area contributed by atoms with Crippen LogP contribution in [-0.2, 0) is 42.1 Å². The topological polar surface area (TPSA) is 203 Å². The first-order chi connectivity index (χ1) is 20.9. The lowest BCUT2D eigenvalue weighted by atomic mass is 10.0. The van der Waals surface area contributed by atoms with Gasteiger partial charge in [-0.05, 0) is 74.6 Å². The predicted molar refractivity (Wildman–Crippen MR) is 170 cm³/mol. The van der Waals surface area contributed by atoms with Crippen molar-refractivity contribution in [1.29, 1.82) is 0 Å². The summed E-state index contributed by atoms with van der Waals surface area (Å²) < 4.78 is 40.5. The summed E-state index contributed by atoms with van der Waals surface area (Å²) in [5.41, 5.74) is 19.3. The number of ether oxygens (including phenoxy) is 2. The van der Waals surface area contributed by atoms with Gasteiger partial charge in [0.2, 0.25) is 0 Å². The van der Waals surface area contributed by atoms with E-state index in [4.69, 9.17) is 30.9 Å². The van der Waals surface area contributed by atoms with Gasteiger partial charge >= 0.3 is 22.1 Å². The summed E-state index contributed by atoms with van der Waals surface area (Å²) in [6.45, 7) is 4.09. The van der Waals surface area contributed by atoms with Crippen molar-refractivity contribution >= 4 is 44.6 Å². The Kier molecular flexibility index (Phi) is 13.0. The lowest BCUT2D eigenvalue weighted by Gasteiger charge is -2.17. The number of benzene rings is 2. The molecule has 2 atom stereocenters. The third-order valence-electron chi connectivity index (χ3n) is 6.59. The van der Waals surface area contributed by atoms with Crippen molar-refractivity contribution < 1.29 is 31.7 Å². The number of nitrogens with zero attached hydrogens (tertiary/aromatic N) is 2. The largest absolute Gasteiger partial charge is 0.392 e. The van der Waals surface area contributed by atoms with Crippen molar-refractivity contribution in [2.45, 2.75) is 57.7 Å². The molecule has 0 amide bonds. The van der Waals surface area contributed by atoms with E-state index in [-0.39, 0.29) is 18.8 Å². The first kappa shape index (κ1) is 34.4. The number of aliphatic imine (C=N–C) groups is 1. The second-order valence-corrected chi connectivity index (χ2v) is 11.9. The highest BCUT2D eigenvalue weighted by Crippen LogP contribution is 2.23. The van der Waals surface area contributed by atoms with E-state index in [9.17, 15) is 18.0 Å². The van der Waals surface area contributed by atoms with Crippen molar-refractivity contribution in [3.05, 3.63) is 60.3 Å². The van der Waals surface area contributed by atoms with Crippen LogP contribution in [0.2, 0.25) is 0 Å². The van der Waals surface area contributed by atoms with Gasteiger partial charge in [-0.15, -0.1) is 0 Å². The molecule has 240 valence electrons. The zero-order chi connectivity index (χ0) is 32.1. The molecule has 2 aromatic carbocycles. The Bertz CT molecular complexity index is 1520. The first-order valence-corrected chi connectivity index (χ1v) is 16.2. The third-order valence-corrected chi connectivity index (χ3v) is 7.09. The molecule has 7 N–H and O–H groups in total. The van der Waals surface area contributed by atoms with Gasteiger partial charge in [0, 0.05) is 49.0 Å². The summed E-state index contributed by atoms with van der Waals surface area (Å²) in [4.78, 5) is 28.4. The van der Waals surface area contributed by atoms with Crippen LogP contribution in [-0.4, -0.2) is 69.0 Å². The average Bonchev–Trinajstić information content (AvgIpc) is 3.35. The highest BCUT2D eigenvalue weighted by atomic mass is 32.2. The maximum absolute atomic E-state index is 12.4. The summed E-state index contributed by atoms with van der Waals surface area (Å²) in [6, 6.07) is 14.1. The van der Waals surface area contributed by atoms with Crippen LogP contribution in [0.1, 0.15) is 38.2 Å².